The maximum Gasteiger partial charge on any atom is 0.132 e. The van der Waals surface area contributed by atoms with Gasteiger partial charge in [0.15, 0.2) is 0 Å². The molecule has 0 N–H and O–H groups in total. The van der Waals surface area contributed by atoms with Crippen LogP contribution in [-0.2, 0) is 5.41 Å². The first kappa shape index (κ1) is 37.4. The molecule has 0 radical (unpaired) electrons. The summed E-state index contributed by atoms with van der Waals surface area (Å²) in [7, 11) is 0. The lowest BCUT2D eigenvalue weighted by Gasteiger charge is -2.49. The Bertz CT molecular complexity index is 3790. The van der Waals surface area contributed by atoms with E-state index in [2.05, 4.69) is 242 Å². The Hall–Kier alpha value is -7.98. The average Bonchev–Trinajstić information content (AvgIpc) is 3.91. The number of thiophene rings is 1. The normalized spacial score (nSPS) is 17.5. The number of para-hydroxylation sites is 2. The highest BCUT2D eigenvalue weighted by atomic mass is 32.1. The number of benzene rings is 10. The second-order valence-corrected chi connectivity index (χ2v) is 18.9. The highest BCUT2D eigenvalue weighted by molar-refractivity contribution is 7.26. The van der Waals surface area contributed by atoms with Gasteiger partial charge < -0.3 is 9.64 Å². The number of nitrogens with zero attached hydrogens (tertiary/aromatic N) is 1. The topological polar surface area (TPSA) is 12.5 Å². The largest absolute Gasteiger partial charge is 0.484 e. The monoisotopic (exact) mass is 859 g/mol. The molecule has 11 aromatic rings. The number of anilines is 3. The van der Waals surface area contributed by atoms with E-state index in [9.17, 15) is 0 Å². The Balaban J connectivity index is 1.05. The predicted molar refractivity (Wildman–Crippen MR) is 276 cm³/mol. The zero-order valence-corrected chi connectivity index (χ0v) is 36.8. The number of ether oxygens (including phenoxy) is 1. The molecule has 3 aliphatic rings. The van der Waals surface area contributed by atoms with Gasteiger partial charge >= 0.3 is 0 Å². The molecular weight excluding hydrogens is 819 g/mol. The molecule has 3 atom stereocenters. The third kappa shape index (κ3) is 5.29. The lowest BCUT2D eigenvalue weighted by Crippen LogP contribution is -2.45. The lowest BCUT2D eigenvalue weighted by molar-refractivity contribution is 0.105. The zero-order chi connectivity index (χ0) is 43.3. The molecule has 10 aromatic carbocycles. The van der Waals surface area contributed by atoms with Gasteiger partial charge in [0.05, 0.1) is 22.5 Å². The SMILES string of the molecule is C1=CC2C(Oc3c(ccc4ccccc34)C23c2ccccc2-c2ccc(-c4ccccc4N(c4ccccc4-c4ccccc4)c4cccc5sc6ccccc6c45)cc23)c2ccccc21. The van der Waals surface area contributed by atoms with E-state index in [1.807, 2.05) is 11.3 Å². The Kier molecular flexibility index (Phi) is 8.23. The van der Waals surface area contributed by atoms with Crippen molar-refractivity contribution >= 4 is 65.4 Å². The van der Waals surface area contributed by atoms with E-state index < -0.39 is 5.41 Å². The second-order valence-electron chi connectivity index (χ2n) is 17.8. The molecule has 3 heteroatoms. The molecular formula is C63H41NOS. The van der Waals surface area contributed by atoms with Crippen molar-refractivity contribution in [2.24, 2.45) is 5.92 Å². The summed E-state index contributed by atoms with van der Waals surface area (Å²) in [4.78, 5) is 2.53. The first-order valence-corrected chi connectivity index (χ1v) is 23.7. The van der Waals surface area contributed by atoms with Gasteiger partial charge in [-0.2, -0.15) is 0 Å². The molecule has 3 unspecified atom stereocenters. The molecule has 0 saturated carbocycles. The second kappa shape index (κ2) is 14.5. The van der Waals surface area contributed by atoms with Gasteiger partial charge in [0.25, 0.3) is 0 Å². The molecule has 0 saturated heterocycles. The molecule has 1 aliphatic heterocycles. The summed E-state index contributed by atoms with van der Waals surface area (Å²) in [6.45, 7) is 0. The first-order chi connectivity index (χ1) is 32.8. The molecule has 2 nitrogen and oxygen atoms in total. The Morgan fingerprint density at radius 3 is 1.95 bits per heavy atom. The van der Waals surface area contributed by atoms with Crippen molar-refractivity contribution in [3.8, 4) is 39.1 Å². The molecule has 66 heavy (non-hydrogen) atoms. The molecule has 2 heterocycles. The summed E-state index contributed by atoms with van der Waals surface area (Å²) in [6, 6.07) is 83.0. The van der Waals surface area contributed by atoms with E-state index in [1.165, 1.54) is 81.2 Å². The van der Waals surface area contributed by atoms with Crippen LogP contribution in [0.4, 0.5) is 17.1 Å². The lowest BCUT2D eigenvalue weighted by atomic mass is 9.58. The molecule has 0 bridgehead atoms. The van der Waals surface area contributed by atoms with Gasteiger partial charge in [-0.25, -0.2) is 0 Å². The Morgan fingerprint density at radius 1 is 0.439 bits per heavy atom. The number of fused-ring (bicyclic) bond motifs is 16. The summed E-state index contributed by atoms with van der Waals surface area (Å²) >= 11 is 1.86. The van der Waals surface area contributed by atoms with Crippen molar-refractivity contribution < 1.29 is 4.74 Å². The zero-order valence-electron chi connectivity index (χ0n) is 35.9. The first-order valence-electron chi connectivity index (χ1n) is 22.9. The number of rotatable bonds is 5. The van der Waals surface area contributed by atoms with E-state index >= 15 is 0 Å². The Morgan fingerprint density at radius 2 is 1.09 bits per heavy atom. The maximum atomic E-state index is 7.41. The van der Waals surface area contributed by atoms with Crippen LogP contribution in [0.15, 0.2) is 231 Å². The minimum Gasteiger partial charge on any atom is -0.484 e. The standard InChI is InChI=1S/C63H41NOS/c1-2-17-40(18-3-1)44-21-9-13-28-55(44)64(57-30-16-32-59-60(57)50-26-11-15-31-58(50)66-59)56-29-14-10-22-45(56)43-33-36-49-48-25-8-12-27-51(48)63(54(49)39-43)52-37-34-41-19-4-6-23-46(41)61(52)65-62-47-24-7-5-20-42(47)35-38-53(62)63/h1-39,52,61H. The van der Waals surface area contributed by atoms with Gasteiger partial charge in [-0.15, -0.1) is 11.3 Å². The molecule has 310 valence electrons. The van der Waals surface area contributed by atoms with Crippen molar-refractivity contribution in [3.05, 3.63) is 258 Å². The van der Waals surface area contributed by atoms with Gasteiger partial charge in [-0.05, 0) is 80.7 Å². The van der Waals surface area contributed by atoms with Crippen LogP contribution in [0.3, 0.4) is 0 Å². The minimum absolute atomic E-state index is 0.00678. The van der Waals surface area contributed by atoms with Crippen molar-refractivity contribution in [2.45, 2.75) is 11.5 Å². The molecule has 14 rings (SSSR count). The van der Waals surface area contributed by atoms with Crippen molar-refractivity contribution in [3.63, 3.8) is 0 Å². The summed E-state index contributed by atoms with van der Waals surface area (Å²) < 4.78 is 9.96. The smallest absolute Gasteiger partial charge is 0.132 e. The fourth-order valence-corrected chi connectivity index (χ4v) is 12.9. The van der Waals surface area contributed by atoms with Crippen molar-refractivity contribution in [1.82, 2.24) is 0 Å². The quantitative estimate of drug-likeness (QED) is 0.171. The summed E-state index contributed by atoms with van der Waals surface area (Å²) in [5.41, 5.74) is 16.4. The van der Waals surface area contributed by atoms with E-state index in [1.54, 1.807) is 0 Å². The summed E-state index contributed by atoms with van der Waals surface area (Å²) in [6.07, 6.45) is 4.60. The maximum absolute atomic E-state index is 7.41. The van der Waals surface area contributed by atoms with Crippen LogP contribution >= 0.6 is 11.3 Å². The van der Waals surface area contributed by atoms with Crippen LogP contribution in [0.2, 0.25) is 0 Å². The summed E-state index contributed by atoms with van der Waals surface area (Å²) in [5.74, 6) is 0.973. The van der Waals surface area contributed by atoms with E-state index in [0.29, 0.717) is 0 Å². The van der Waals surface area contributed by atoms with Crippen LogP contribution < -0.4 is 9.64 Å². The third-order valence-electron chi connectivity index (χ3n) is 14.6. The van der Waals surface area contributed by atoms with Gasteiger partial charge in [0, 0.05) is 53.7 Å². The van der Waals surface area contributed by atoms with E-state index in [0.717, 1.165) is 33.8 Å². The molecule has 0 amide bonds. The van der Waals surface area contributed by atoms with Gasteiger partial charge in [-0.1, -0.05) is 200 Å². The van der Waals surface area contributed by atoms with Crippen LogP contribution in [-0.4, -0.2) is 0 Å². The third-order valence-corrected chi connectivity index (χ3v) is 15.7. The summed E-state index contributed by atoms with van der Waals surface area (Å²) in [5, 5.41) is 4.87. The predicted octanol–water partition coefficient (Wildman–Crippen LogP) is 17.1. The fourth-order valence-electron chi connectivity index (χ4n) is 11.8. The average molecular weight is 860 g/mol. The highest BCUT2D eigenvalue weighted by Crippen LogP contribution is 2.66. The fraction of sp³-hybridized carbons (Fsp3) is 0.0476. The van der Waals surface area contributed by atoms with Crippen LogP contribution in [0.5, 0.6) is 5.75 Å². The molecule has 1 spiro atoms. The van der Waals surface area contributed by atoms with Crippen molar-refractivity contribution in [1.29, 1.82) is 0 Å². The van der Waals surface area contributed by atoms with Gasteiger partial charge in [-0.3, -0.25) is 0 Å². The van der Waals surface area contributed by atoms with Crippen LogP contribution in [0, 0.1) is 5.92 Å². The van der Waals surface area contributed by atoms with Crippen molar-refractivity contribution in [2.75, 3.05) is 4.90 Å². The van der Waals surface area contributed by atoms with Gasteiger partial charge in [0.2, 0.25) is 0 Å². The molecule has 0 fully saturated rings. The highest BCUT2D eigenvalue weighted by Gasteiger charge is 2.57. The van der Waals surface area contributed by atoms with E-state index in [-0.39, 0.29) is 12.0 Å². The van der Waals surface area contributed by atoms with Crippen LogP contribution in [0.25, 0.3) is 70.4 Å². The van der Waals surface area contributed by atoms with E-state index in [4.69, 9.17) is 4.74 Å². The Labute approximate surface area is 388 Å². The van der Waals surface area contributed by atoms with Gasteiger partial charge in [0.1, 0.15) is 11.9 Å². The molecule has 1 aromatic heterocycles. The number of hydrogen-bond donors (Lipinski definition) is 0. The minimum atomic E-state index is -0.538. The van der Waals surface area contributed by atoms with Crippen LogP contribution in [0.1, 0.15) is 33.9 Å². The number of hydrogen-bond acceptors (Lipinski definition) is 3. The molecule has 2 aliphatic carbocycles.